The smallest absolute Gasteiger partial charge is 0.248 e. The zero-order chi connectivity index (χ0) is 14.4. The number of carbonyl (C=O) groups is 2. The fraction of sp³-hybridized carbons (Fsp3) is 0.857. The maximum absolute atomic E-state index is 11.8. The van der Waals surface area contributed by atoms with Crippen LogP contribution in [0.15, 0.2) is 0 Å². The Hall–Kier alpha value is -1.14. The second-order valence-electron chi connectivity index (χ2n) is 5.63. The molecule has 0 aromatic rings. The van der Waals surface area contributed by atoms with Gasteiger partial charge in [0.05, 0.1) is 0 Å². The summed E-state index contributed by atoms with van der Waals surface area (Å²) in [6.45, 7) is 2.31. The van der Waals surface area contributed by atoms with Crippen molar-refractivity contribution in [2.75, 3.05) is 33.4 Å². The minimum absolute atomic E-state index is 0.0332. The number of amides is 2. The predicted octanol–water partition coefficient (Wildman–Crippen LogP) is -0.118. The topological polar surface area (TPSA) is 70.7 Å². The fourth-order valence-corrected chi connectivity index (χ4v) is 2.47. The van der Waals surface area contributed by atoms with E-state index in [9.17, 15) is 9.59 Å². The van der Waals surface area contributed by atoms with E-state index in [0.717, 1.165) is 19.4 Å². The van der Waals surface area contributed by atoms with Gasteiger partial charge in [0.1, 0.15) is 6.61 Å². The van der Waals surface area contributed by atoms with Crippen LogP contribution in [-0.4, -0.2) is 62.1 Å². The average Bonchev–Trinajstić information content (AvgIpc) is 3.24. The highest BCUT2D eigenvalue weighted by atomic mass is 16.5. The molecule has 0 bridgehead atoms. The lowest BCUT2D eigenvalue weighted by Gasteiger charge is -2.32. The zero-order valence-electron chi connectivity index (χ0n) is 12.2. The summed E-state index contributed by atoms with van der Waals surface area (Å²) in [5, 5.41) is 6.39. The van der Waals surface area contributed by atoms with Gasteiger partial charge in [-0.1, -0.05) is 0 Å². The third-order valence-corrected chi connectivity index (χ3v) is 3.84. The molecule has 1 heterocycles. The quantitative estimate of drug-likeness (QED) is 0.683. The van der Waals surface area contributed by atoms with Gasteiger partial charge in [0, 0.05) is 45.2 Å². The summed E-state index contributed by atoms with van der Waals surface area (Å²) < 4.78 is 4.85. The van der Waals surface area contributed by atoms with E-state index in [1.807, 2.05) is 0 Å². The van der Waals surface area contributed by atoms with Gasteiger partial charge < -0.3 is 20.3 Å². The number of ether oxygens (including phenoxy) is 1. The molecule has 2 fully saturated rings. The number of nitrogens with zero attached hydrogens (tertiary/aromatic N) is 1. The second-order valence-corrected chi connectivity index (χ2v) is 5.63. The summed E-state index contributed by atoms with van der Waals surface area (Å²) in [4.78, 5) is 25.2. The van der Waals surface area contributed by atoms with Crippen molar-refractivity contribution in [1.82, 2.24) is 15.5 Å². The van der Waals surface area contributed by atoms with Gasteiger partial charge in [0.25, 0.3) is 0 Å². The van der Waals surface area contributed by atoms with E-state index in [1.165, 1.54) is 20.0 Å². The van der Waals surface area contributed by atoms with Gasteiger partial charge in [-0.2, -0.15) is 0 Å². The third kappa shape index (κ3) is 5.09. The number of hydrogen-bond acceptors (Lipinski definition) is 4. The highest BCUT2D eigenvalue weighted by molar-refractivity contribution is 5.78. The molecule has 6 heteroatoms. The predicted molar refractivity (Wildman–Crippen MR) is 75.3 cm³/mol. The molecule has 0 spiro atoms. The van der Waals surface area contributed by atoms with Crippen molar-refractivity contribution in [3.63, 3.8) is 0 Å². The molecule has 20 heavy (non-hydrogen) atoms. The molecule has 1 aliphatic heterocycles. The van der Waals surface area contributed by atoms with E-state index in [-0.39, 0.29) is 24.5 Å². The van der Waals surface area contributed by atoms with E-state index < -0.39 is 0 Å². The van der Waals surface area contributed by atoms with Crippen LogP contribution in [0.3, 0.4) is 0 Å². The monoisotopic (exact) mass is 283 g/mol. The molecular weight excluding hydrogens is 258 g/mol. The molecular formula is C14H25N3O3. The third-order valence-electron chi connectivity index (χ3n) is 3.84. The van der Waals surface area contributed by atoms with Crippen LogP contribution >= 0.6 is 0 Å². The van der Waals surface area contributed by atoms with Gasteiger partial charge in [-0.25, -0.2) is 0 Å². The Balaban J connectivity index is 1.58. The number of likely N-dealkylation sites (tertiary alicyclic amines) is 1. The SMILES string of the molecule is COCC(=O)N1CCC(NC(=O)CCNC2CC2)CC1. The van der Waals surface area contributed by atoms with Crippen molar-refractivity contribution in [3.8, 4) is 0 Å². The second kappa shape index (κ2) is 7.59. The maximum Gasteiger partial charge on any atom is 0.248 e. The van der Waals surface area contributed by atoms with Crippen LogP contribution in [0.25, 0.3) is 0 Å². The first-order valence-corrected chi connectivity index (χ1v) is 7.48. The molecule has 1 aliphatic carbocycles. The lowest BCUT2D eigenvalue weighted by molar-refractivity contribution is -0.136. The Morgan fingerprint density at radius 2 is 1.85 bits per heavy atom. The lowest BCUT2D eigenvalue weighted by atomic mass is 10.0. The Kier molecular flexibility index (Phi) is 5.79. The number of nitrogens with one attached hydrogen (secondary N) is 2. The van der Waals surface area contributed by atoms with E-state index in [4.69, 9.17) is 4.74 Å². The van der Waals surface area contributed by atoms with E-state index >= 15 is 0 Å². The largest absolute Gasteiger partial charge is 0.375 e. The molecule has 0 unspecified atom stereocenters. The van der Waals surface area contributed by atoms with Gasteiger partial charge in [0.2, 0.25) is 11.8 Å². The molecule has 0 radical (unpaired) electrons. The molecule has 1 saturated heterocycles. The van der Waals surface area contributed by atoms with Crippen molar-refractivity contribution in [2.45, 2.75) is 44.2 Å². The van der Waals surface area contributed by atoms with Crippen LogP contribution in [0, 0.1) is 0 Å². The average molecular weight is 283 g/mol. The van der Waals surface area contributed by atoms with E-state index in [1.54, 1.807) is 4.90 Å². The highest BCUT2D eigenvalue weighted by Gasteiger charge is 2.24. The first-order valence-electron chi connectivity index (χ1n) is 7.48. The van der Waals surface area contributed by atoms with Crippen LogP contribution in [-0.2, 0) is 14.3 Å². The van der Waals surface area contributed by atoms with Gasteiger partial charge in [-0.15, -0.1) is 0 Å². The number of methoxy groups -OCH3 is 1. The van der Waals surface area contributed by atoms with Crippen molar-refractivity contribution in [2.24, 2.45) is 0 Å². The number of rotatable bonds is 7. The minimum Gasteiger partial charge on any atom is -0.375 e. The van der Waals surface area contributed by atoms with E-state index in [0.29, 0.717) is 25.6 Å². The maximum atomic E-state index is 11.8. The Morgan fingerprint density at radius 1 is 1.15 bits per heavy atom. The Bertz CT molecular complexity index is 337. The first kappa shape index (κ1) is 15.3. The molecule has 0 aromatic heterocycles. The van der Waals surface area contributed by atoms with Crippen LogP contribution in [0.4, 0.5) is 0 Å². The molecule has 2 N–H and O–H groups in total. The Labute approximate surface area is 120 Å². The number of hydrogen-bond donors (Lipinski definition) is 2. The molecule has 6 nitrogen and oxygen atoms in total. The number of piperidine rings is 1. The molecule has 2 rings (SSSR count). The molecule has 0 aromatic carbocycles. The highest BCUT2D eigenvalue weighted by Crippen LogP contribution is 2.18. The van der Waals surface area contributed by atoms with Crippen molar-refractivity contribution in [3.05, 3.63) is 0 Å². The van der Waals surface area contributed by atoms with Crippen LogP contribution < -0.4 is 10.6 Å². The van der Waals surface area contributed by atoms with E-state index in [2.05, 4.69) is 10.6 Å². The van der Waals surface area contributed by atoms with Gasteiger partial charge in [-0.3, -0.25) is 9.59 Å². The van der Waals surface area contributed by atoms with Gasteiger partial charge >= 0.3 is 0 Å². The summed E-state index contributed by atoms with van der Waals surface area (Å²) in [6.07, 6.45) is 4.69. The van der Waals surface area contributed by atoms with Crippen molar-refractivity contribution < 1.29 is 14.3 Å². The van der Waals surface area contributed by atoms with Gasteiger partial charge in [-0.05, 0) is 25.7 Å². The lowest BCUT2D eigenvalue weighted by Crippen LogP contribution is -2.47. The normalized spacial score (nSPS) is 19.9. The van der Waals surface area contributed by atoms with Gasteiger partial charge in [0.15, 0.2) is 0 Å². The zero-order valence-corrected chi connectivity index (χ0v) is 12.2. The van der Waals surface area contributed by atoms with Crippen molar-refractivity contribution in [1.29, 1.82) is 0 Å². The number of carbonyl (C=O) groups excluding carboxylic acids is 2. The molecule has 0 atom stereocenters. The van der Waals surface area contributed by atoms with Crippen LogP contribution in [0.5, 0.6) is 0 Å². The Morgan fingerprint density at radius 3 is 2.45 bits per heavy atom. The minimum atomic E-state index is 0.0332. The van der Waals surface area contributed by atoms with Crippen molar-refractivity contribution >= 4 is 11.8 Å². The molecule has 1 saturated carbocycles. The summed E-state index contributed by atoms with van der Waals surface area (Å²) in [6, 6.07) is 0.854. The molecule has 2 aliphatic rings. The summed E-state index contributed by atoms with van der Waals surface area (Å²) in [5.74, 6) is 0.144. The summed E-state index contributed by atoms with van der Waals surface area (Å²) >= 11 is 0. The van der Waals surface area contributed by atoms with Crippen LogP contribution in [0.2, 0.25) is 0 Å². The fourth-order valence-electron chi connectivity index (χ4n) is 2.47. The molecule has 2 amide bonds. The first-order chi connectivity index (χ1) is 9.69. The summed E-state index contributed by atoms with van der Waals surface area (Å²) in [7, 11) is 1.53. The summed E-state index contributed by atoms with van der Waals surface area (Å²) in [5.41, 5.74) is 0. The van der Waals surface area contributed by atoms with Crippen LogP contribution in [0.1, 0.15) is 32.1 Å². The molecule has 114 valence electrons. The standard InChI is InChI=1S/C14H25N3O3/c1-20-10-14(19)17-8-5-12(6-9-17)16-13(18)4-7-15-11-2-3-11/h11-12,15H,2-10H2,1H3,(H,16,18).